The Morgan fingerprint density at radius 2 is 2.09 bits per heavy atom. The maximum absolute atomic E-state index is 12.6. The monoisotopic (exact) mass is 312 g/mol. The lowest BCUT2D eigenvalue weighted by Crippen LogP contribution is -2.52. The second-order valence-corrected chi connectivity index (χ2v) is 6.36. The van der Waals surface area contributed by atoms with Gasteiger partial charge in [0.1, 0.15) is 0 Å². The molecule has 2 aliphatic rings. The Labute approximate surface area is 134 Å². The van der Waals surface area contributed by atoms with Crippen LogP contribution in [0.2, 0.25) is 0 Å². The lowest BCUT2D eigenvalue weighted by Gasteiger charge is -2.34. The van der Waals surface area contributed by atoms with Crippen LogP contribution in [0, 0.1) is 0 Å². The molecule has 1 amide bonds. The quantitative estimate of drug-likeness (QED) is 0.939. The molecule has 1 saturated carbocycles. The summed E-state index contributed by atoms with van der Waals surface area (Å²) in [7, 11) is 0. The van der Waals surface area contributed by atoms with Crippen LogP contribution in [0.3, 0.4) is 0 Å². The molecule has 0 radical (unpaired) electrons. The number of carbonyl (C=O) groups excluding carboxylic acids is 1. The van der Waals surface area contributed by atoms with Crippen LogP contribution in [-0.4, -0.2) is 46.6 Å². The van der Waals surface area contributed by atoms with Gasteiger partial charge in [0, 0.05) is 42.7 Å². The predicted octanol–water partition coefficient (Wildman–Crippen LogP) is 2.05. The van der Waals surface area contributed by atoms with Crippen molar-refractivity contribution in [3.8, 4) is 11.5 Å². The average molecular weight is 312 g/mol. The van der Waals surface area contributed by atoms with Crippen molar-refractivity contribution in [2.45, 2.75) is 31.7 Å². The number of hydrogen-bond acceptors (Lipinski definition) is 5. The Kier molecular flexibility index (Phi) is 3.61. The number of nitrogens with zero attached hydrogens (tertiary/aromatic N) is 3. The first-order valence-electron chi connectivity index (χ1n) is 8.18. The zero-order valence-corrected chi connectivity index (χ0v) is 13.2. The van der Waals surface area contributed by atoms with E-state index in [1.54, 1.807) is 0 Å². The first-order chi connectivity index (χ1) is 11.2. The molecule has 4 rings (SSSR count). The van der Waals surface area contributed by atoms with E-state index in [2.05, 4.69) is 22.4 Å². The van der Waals surface area contributed by atoms with Gasteiger partial charge in [0.15, 0.2) is 5.82 Å². The maximum Gasteiger partial charge on any atom is 0.257 e. The number of nitrogens with one attached hydrogen (secondary N) is 1. The molecular weight excluding hydrogens is 292 g/mol. The molecule has 0 bridgehead atoms. The molecule has 120 valence electrons. The summed E-state index contributed by atoms with van der Waals surface area (Å²) in [6, 6.07) is 7.66. The van der Waals surface area contributed by atoms with Gasteiger partial charge in [-0.1, -0.05) is 5.16 Å². The molecule has 0 spiro atoms. The van der Waals surface area contributed by atoms with Gasteiger partial charge in [-0.3, -0.25) is 4.79 Å². The summed E-state index contributed by atoms with van der Waals surface area (Å²) in [5.41, 5.74) is 1.55. The third-order valence-corrected chi connectivity index (χ3v) is 4.53. The van der Waals surface area contributed by atoms with Crippen molar-refractivity contribution < 1.29 is 9.32 Å². The Morgan fingerprint density at radius 3 is 2.78 bits per heavy atom. The molecule has 1 N–H and O–H groups in total. The molecule has 2 aromatic rings. The minimum Gasteiger partial charge on any atom is -0.334 e. The summed E-state index contributed by atoms with van der Waals surface area (Å²) in [4.78, 5) is 19.0. The van der Waals surface area contributed by atoms with E-state index in [1.165, 1.54) is 0 Å². The molecule has 23 heavy (non-hydrogen) atoms. The summed E-state index contributed by atoms with van der Waals surface area (Å²) in [5, 5.41) is 7.32. The molecule has 2 heterocycles. The van der Waals surface area contributed by atoms with Crippen LogP contribution in [-0.2, 0) is 0 Å². The third-order valence-electron chi connectivity index (χ3n) is 4.53. The SMILES string of the molecule is C[C@H]1CNCCN1C(=O)c1ccc(-c2nc(C3CC3)no2)cc1. The highest BCUT2D eigenvalue weighted by Crippen LogP contribution is 2.38. The van der Waals surface area contributed by atoms with E-state index in [-0.39, 0.29) is 11.9 Å². The molecule has 1 aromatic heterocycles. The van der Waals surface area contributed by atoms with Crippen molar-refractivity contribution in [3.63, 3.8) is 0 Å². The molecule has 1 atom stereocenters. The normalized spacial score (nSPS) is 21.4. The third kappa shape index (κ3) is 2.86. The van der Waals surface area contributed by atoms with Gasteiger partial charge in [-0.05, 0) is 44.0 Å². The Morgan fingerprint density at radius 1 is 1.30 bits per heavy atom. The number of amides is 1. The fourth-order valence-corrected chi connectivity index (χ4v) is 2.92. The van der Waals surface area contributed by atoms with Crippen LogP contribution < -0.4 is 5.32 Å². The number of rotatable bonds is 3. The lowest BCUT2D eigenvalue weighted by atomic mass is 10.1. The van der Waals surface area contributed by atoms with Crippen LogP contribution in [0.4, 0.5) is 0 Å². The Balaban J connectivity index is 1.51. The summed E-state index contributed by atoms with van der Waals surface area (Å²) < 4.78 is 5.32. The fourth-order valence-electron chi connectivity index (χ4n) is 2.92. The van der Waals surface area contributed by atoms with Crippen LogP contribution in [0.15, 0.2) is 28.8 Å². The molecular formula is C17H20N4O2. The van der Waals surface area contributed by atoms with Crippen molar-refractivity contribution in [1.29, 1.82) is 0 Å². The molecule has 1 aromatic carbocycles. The van der Waals surface area contributed by atoms with Crippen LogP contribution in [0.25, 0.3) is 11.5 Å². The van der Waals surface area contributed by atoms with Gasteiger partial charge in [0.2, 0.25) is 0 Å². The average Bonchev–Trinajstić information content (AvgIpc) is 3.32. The number of aromatic nitrogens is 2. The van der Waals surface area contributed by atoms with Gasteiger partial charge < -0.3 is 14.7 Å². The van der Waals surface area contributed by atoms with Crippen molar-refractivity contribution in [2.75, 3.05) is 19.6 Å². The minimum atomic E-state index is 0.0785. The smallest absolute Gasteiger partial charge is 0.257 e. The summed E-state index contributed by atoms with van der Waals surface area (Å²) in [6.07, 6.45) is 2.30. The number of benzene rings is 1. The van der Waals surface area contributed by atoms with Crippen molar-refractivity contribution in [1.82, 2.24) is 20.4 Å². The molecule has 1 saturated heterocycles. The van der Waals surface area contributed by atoms with Gasteiger partial charge in [0.05, 0.1) is 0 Å². The summed E-state index contributed by atoms with van der Waals surface area (Å²) in [5.74, 6) is 1.88. The number of hydrogen-bond donors (Lipinski definition) is 1. The van der Waals surface area contributed by atoms with Crippen LogP contribution in [0.5, 0.6) is 0 Å². The molecule has 0 unspecified atom stereocenters. The molecule has 1 aliphatic carbocycles. The maximum atomic E-state index is 12.6. The lowest BCUT2D eigenvalue weighted by molar-refractivity contribution is 0.0656. The standard InChI is InChI=1S/C17H20N4O2/c1-11-10-18-8-9-21(11)17(22)14-6-4-13(5-7-14)16-19-15(20-23-16)12-2-3-12/h4-7,11-12,18H,2-3,8-10H2,1H3/t11-/m0/s1. The largest absolute Gasteiger partial charge is 0.334 e. The van der Waals surface area contributed by atoms with Gasteiger partial charge in [-0.2, -0.15) is 4.98 Å². The fraction of sp³-hybridized carbons (Fsp3) is 0.471. The molecule has 2 fully saturated rings. The molecule has 6 nitrogen and oxygen atoms in total. The second kappa shape index (κ2) is 5.77. The zero-order valence-electron chi connectivity index (χ0n) is 13.2. The van der Waals surface area contributed by atoms with E-state index in [1.807, 2.05) is 29.2 Å². The van der Waals surface area contributed by atoms with Gasteiger partial charge in [0.25, 0.3) is 11.8 Å². The van der Waals surface area contributed by atoms with Crippen LogP contribution in [0.1, 0.15) is 41.9 Å². The highest BCUT2D eigenvalue weighted by molar-refractivity contribution is 5.94. The first-order valence-corrected chi connectivity index (χ1v) is 8.18. The Bertz CT molecular complexity index is 706. The van der Waals surface area contributed by atoms with E-state index in [0.29, 0.717) is 17.4 Å². The van der Waals surface area contributed by atoms with Crippen molar-refractivity contribution in [3.05, 3.63) is 35.7 Å². The highest BCUT2D eigenvalue weighted by atomic mass is 16.5. The van der Waals surface area contributed by atoms with Gasteiger partial charge in [-0.25, -0.2) is 0 Å². The van der Waals surface area contributed by atoms with Crippen LogP contribution >= 0.6 is 0 Å². The number of carbonyl (C=O) groups is 1. The van der Waals surface area contributed by atoms with Gasteiger partial charge in [-0.15, -0.1) is 0 Å². The van der Waals surface area contributed by atoms with E-state index >= 15 is 0 Å². The first kappa shape index (κ1) is 14.4. The van der Waals surface area contributed by atoms with E-state index in [0.717, 1.165) is 43.9 Å². The number of piperazine rings is 1. The van der Waals surface area contributed by atoms with Gasteiger partial charge >= 0.3 is 0 Å². The topological polar surface area (TPSA) is 71.3 Å². The zero-order chi connectivity index (χ0) is 15.8. The van der Waals surface area contributed by atoms with E-state index in [4.69, 9.17) is 4.52 Å². The highest BCUT2D eigenvalue weighted by Gasteiger charge is 2.29. The molecule has 6 heteroatoms. The molecule has 1 aliphatic heterocycles. The Hall–Kier alpha value is -2.21. The van der Waals surface area contributed by atoms with E-state index < -0.39 is 0 Å². The van der Waals surface area contributed by atoms with Crippen molar-refractivity contribution in [2.24, 2.45) is 0 Å². The summed E-state index contributed by atoms with van der Waals surface area (Å²) >= 11 is 0. The minimum absolute atomic E-state index is 0.0785. The predicted molar refractivity (Wildman–Crippen MR) is 85.1 cm³/mol. The second-order valence-electron chi connectivity index (χ2n) is 6.36. The summed E-state index contributed by atoms with van der Waals surface area (Å²) in [6.45, 7) is 4.50. The van der Waals surface area contributed by atoms with E-state index in [9.17, 15) is 4.79 Å². The van der Waals surface area contributed by atoms with Crippen molar-refractivity contribution >= 4 is 5.91 Å².